The predicted molar refractivity (Wildman–Crippen MR) is 65.4 cm³/mol. The maximum absolute atomic E-state index is 13.1. The summed E-state index contributed by atoms with van der Waals surface area (Å²) in [4.78, 5) is 14.9. The molecule has 0 saturated heterocycles. The van der Waals surface area contributed by atoms with Crippen molar-refractivity contribution in [2.75, 3.05) is 0 Å². The maximum atomic E-state index is 13.1. The average Bonchev–Trinajstić information content (AvgIpc) is 2.34. The van der Waals surface area contributed by atoms with E-state index in [0.717, 1.165) is 12.3 Å². The Hall–Kier alpha value is -1.77. The van der Waals surface area contributed by atoms with E-state index < -0.39 is 24.1 Å². The number of nitrogens with zero attached hydrogens (tertiary/aromatic N) is 3. The second-order valence-corrected chi connectivity index (χ2v) is 4.68. The van der Waals surface area contributed by atoms with Gasteiger partial charge < -0.3 is 0 Å². The van der Waals surface area contributed by atoms with Crippen molar-refractivity contribution in [3.8, 4) is 11.4 Å². The van der Waals surface area contributed by atoms with Gasteiger partial charge in [0, 0.05) is 5.56 Å². The lowest BCUT2D eigenvalue weighted by Gasteiger charge is -2.09. The first-order valence-corrected chi connectivity index (χ1v) is 6.02. The third kappa shape index (κ3) is 3.41. The molecule has 2 rings (SSSR count). The maximum Gasteiger partial charge on any atom is 0.408 e. The number of halogens is 5. The van der Waals surface area contributed by atoms with Crippen molar-refractivity contribution >= 4 is 15.9 Å². The number of hydrogen-bond donors (Lipinski definition) is 0. The number of benzene rings is 1. The number of alkyl halides is 3. The monoisotopic (exact) mass is 351 g/mol. The molecular formula is C11H6BrF4N3O. The second kappa shape index (κ2) is 5.31. The van der Waals surface area contributed by atoms with E-state index in [9.17, 15) is 22.4 Å². The van der Waals surface area contributed by atoms with Crippen LogP contribution in [0, 0.1) is 5.82 Å². The zero-order chi connectivity index (χ0) is 14.9. The molecule has 1 aromatic heterocycles. The second-order valence-electron chi connectivity index (χ2n) is 3.82. The van der Waals surface area contributed by atoms with Crippen LogP contribution in [0.5, 0.6) is 0 Å². The molecule has 0 unspecified atom stereocenters. The molecule has 0 amide bonds. The summed E-state index contributed by atoms with van der Waals surface area (Å²) in [5.41, 5.74) is -0.679. The molecule has 4 nitrogen and oxygen atoms in total. The molecule has 0 saturated carbocycles. The van der Waals surface area contributed by atoms with Crippen LogP contribution in [0.3, 0.4) is 0 Å². The zero-order valence-corrected chi connectivity index (χ0v) is 11.2. The minimum Gasteiger partial charge on any atom is -0.266 e. The lowest BCUT2D eigenvalue weighted by atomic mass is 10.2. The SMILES string of the molecule is O=c1cnc(-c2ccc(F)c(Br)c2)nn1CC(F)(F)F. The van der Waals surface area contributed by atoms with Crippen LogP contribution in [-0.4, -0.2) is 20.9 Å². The molecule has 2 aromatic rings. The molecule has 1 aromatic carbocycles. The Bertz CT molecular complexity index is 699. The Kier molecular flexibility index (Phi) is 3.89. The van der Waals surface area contributed by atoms with E-state index in [4.69, 9.17) is 0 Å². The van der Waals surface area contributed by atoms with E-state index in [1.54, 1.807) is 0 Å². The van der Waals surface area contributed by atoms with Crippen LogP contribution in [0.1, 0.15) is 0 Å². The van der Waals surface area contributed by atoms with Crippen LogP contribution in [0.15, 0.2) is 33.7 Å². The Morgan fingerprint density at radius 1 is 1.30 bits per heavy atom. The average molecular weight is 352 g/mol. The molecule has 106 valence electrons. The lowest BCUT2D eigenvalue weighted by Crippen LogP contribution is -2.30. The molecule has 0 aliphatic heterocycles. The molecule has 0 aliphatic carbocycles. The van der Waals surface area contributed by atoms with E-state index in [2.05, 4.69) is 26.0 Å². The van der Waals surface area contributed by atoms with Crippen LogP contribution >= 0.6 is 15.9 Å². The molecule has 0 atom stereocenters. The highest BCUT2D eigenvalue weighted by molar-refractivity contribution is 9.10. The van der Waals surface area contributed by atoms with E-state index in [1.807, 2.05) is 0 Å². The summed E-state index contributed by atoms with van der Waals surface area (Å²) >= 11 is 2.95. The molecule has 20 heavy (non-hydrogen) atoms. The van der Waals surface area contributed by atoms with Gasteiger partial charge in [-0.25, -0.2) is 14.1 Å². The van der Waals surface area contributed by atoms with Crippen molar-refractivity contribution < 1.29 is 17.6 Å². The van der Waals surface area contributed by atoms with Crippen LogP contribution in [0.4, 0.5) is 17.6 Å². The summed E-state index contributed by atoms with van der Waals surface area (Å²) in [5.74, 6) is -0.632. The van der Waals surface area contributed by atoms with Crippen molar-refractivity contribution in [1.29, 1.82) is 0 Å². The Labute approximate surface area is 118 Å². The first-order chi connectivity index (χ1) is 9.26. The molecule has 0 N–H and O–H groups in total. The molecule has 0 spiro atoms. The molecule has 0 fully saturated rings. The third-order valence-corrected chi connectivity index (χ3v) is 2.88. The van der Waals surface area contributed by atoms with Gasteiger partial charge in [0.1, 0.15) is 12.4 Å². The fourth-order valence-electron chi connectivity index (χ4n) is 1.42. The Morgan fingerprint density at radius 3 is 2.60 bits per heavy atom. The summed E-state index contributed by atoms with van der Waals surface area (Å²) in [6.45, 7) is -1.51. The van der Waals surface area contributed by atoms with Crippen LogP contribution < -0.4 is 5.56 Å². The van der Waals surface area contributed by atoms with Crippen LogP contribution in [-0.2, 0) is 6.54 Å². The van der Waals surface area contributed by atoms with E-state index in [0.29, 0.717) is 0 Å². The standard InChI is InChI=1S/C11H6BrF4N3O/c12-7-3-6(1-2-8(7)13)10-17-4-9(20)19(18-10)5-11(14,15)16/h1-4H,5H2. The highest BCUT2D eigenvalue weighted by atomic mass is 79.9. The first-order valence-electron chi connectivity index (χ1n) is 5.22. The van der Waals surface area contributed by atoms with Crippen LogP contribution in [0.2, 0.25) is 0 Å². The fourth-order valence-corrected chi connectivity index (χ4v) is 1.80. The van der Waals surface area contributed by atoms with Gasteiger partial charge in [-0.15, -0.1) is 5.10 Å². The van der Waals surface area contributed by atoms with Crippen molar-refractivity contribution in [2.45, 2.75) is 12.7 Å². The van der Waals surface area contributed by atoms with Crippen molar-refractivity contribution in [2.24, 2.45) is 0 Å². The topological polar surface area (TPSA) is 47.8 Å². The van der Waals surface area contributed by atoms with Gasteiger partial charge in [0.25, 0.3) is 5.56 Å². The van der Waals surface area contributed by atoms with Gasteiger partial charge in [0.15, 0.2) is 5.82 Å². The third-order valence-electron chi connectivity index (χ3n) is 2.27. The lowest BCUT2D eigenvalue weighted by molar-refractivity contribution is -0.143. The zero-order valence-electron chi connectivity index (χ0n) is 9.66. The Morgan fingerprint density at radius 2 is 2.00 bits per heavy atom. The first kappa shape index (κ1) is 14.6. The summed E-state index contributed by atoms with van der Waals surface area (Å²) in [7, 11) is 0. The highest BCUT2D eigenvalue weighted by Gasteiger charge is 2.29. The molecule has 0 radical (unpaired) electrons. The number of hydrogen-bond acceptors (Lipinski definition) is 3. The number of rotatable bonds is 2. The summed E-state index contributed by atoms with van der Waals surface area (Å²) in [6, 6.07) is 3.73. The minimum atomic E-state index is -4.57. The fraction of sp³-hybridized carbons (Fsp3) is 0.182. The van der Waals surface area contributed by atoms with Gasteiger partial charge in [0.05, 0.1) is 10.7 Å². The number of aromatic nitrogens is 3. The molecule has 9 heteroatoms. The normalized spacial score (nSPS) is 11.7. The minimum absolute atomic E-state index is 0.102. The quantitative estimate of drug-likeness (QED) is 0.781. The van der Waals surface area contributed by atoms with Crippen molar-refractivity contribution in [3.63, 3.8) is 0 Å². The van der Waals surface area contributed by atoms with Gasteiger partial charge in [-0.05, 0) is 34.1 Å². The van der Waals surface area contributed by atoms with Crippen LogP contribution in [0.25, 0.3) is 11.4 Å². The van der Waals surface area contributed by atoms with Crippen molar-refractivity contribution in [1.82, 2.24) is 14.8 Å². The predicted octanol–water partition coefficient (Wildman–Crippen LogP) is 2.77. The summed E-state index contributed by atoms with van der Waals surface area (Å²) < 4.78 is 50.4. The summed E-state index contributed by atoms with van der Waals surface area (Å²) in [6.07, 6.45) is -3.83. The van der Waals surface area contributed by atoms with Crippen molar-refractivity contribution in [3.05, 3.63) is 45.0 Å². The van der Waals surface area contributed by atoms with E-state index >= 15 is 0 Å². The molecular weight excluding hydrogens is 346 g/mol. The van der Waals surface area contributed by atoms with E-state index in [1.165, 1.54) is 12.1 Å². The van der Waals surface area contributed by atoms with E-state index in [-0.39, 0.29) is 20.5 Å². The van der Waals surface area contributed by atoms with Gasteiger partial charge in [-0.2, -0.15) is 13.2 Å². The highest BCUT2D eigenvalue weighted by Crippen LogP contribution is 2.22. The van der Waals surface area contributed by atoms with Gasteiger partial charge in [0.2, 0.25) is 0 Å². The molecule has 0 aliphatic rings. The molecule has 0 bridgehead atoms. The van der Waals surface area contributed by atoms with Gasteiger partial charge >= 0.3 is 6.18 Å². The largest absolute Gasteiger partial charge is 0.408 e. The molecule has 1 heterocycles. The summed E-state index contributed by atoms with van der Waals surface area (Å²) in [5, 5.41) is 3.53. The Balaban J connectivity index is 2.45. The van der Waals surface area contributed by atoms with Gasteiger partial charge in [-0.3, -0.25) is 4.79 Å². The van der Waals surface area contributed by atoms with Gasteiger partial charge in [-0.1, -0.05) is 0 Å². The smallest absolute Gasteiger partial charge is 0.266 e.